The van der Waals surface area contributed by atoms with Gasteiger partial charge in [-0.2, -0.15) is 5.10 Å². The van der Waals surface area contributed by atoms with E-state index in [9.17, 15) is 10.1 Å². The Kier molecular flexibility index (Phi) is 4.50. The normalized spacial score (nSPS) is 11.7. The van der Waals surface area contributed by atoms with E-state index in [4.69, 9.17) is 5.73 Å². The van der Waals surface area contributed by atoms with Crippen LogP contribution < -0.4 is 11.1 Å². The lowest BCUT2D eigenvalue weighted by molar-refractivity contribution is -0.384. The van der Waals surface area contributed by atoms with E-state index in [-0.39, 0.29) is 24.3 Å². The van der Waals surface area contributed by atoms with Crippen LogP contribution in [0.15, 0.2) is 0 Å². The molecule has 0 aliphatic heterocycles. The number of anilines is 1. The van der Waals surface area contributed by atoms with Crippen molar-refractivity contribution in [2.24, 2.45) is 12.8 Å². The molecule has 0 aliphatic carbocycles. The zero-order valence-electron chi connectivity index (χ0n) is 8.72. The van der Waals surface area contributed by atoms with Crippen molar-refractivity contribution in [3.63, 3.8) is 0 Å². The monoisotopic (exact) mass is 235 g/mol. The molecule has 1 aromatic heterocycles. The van der Waals surface area contributed by atoms with Crippen molar-refractivity contribution in [3.05, 3.63) is 15.8 Å². The minimum atomic E-state index is -0.465. The molecule has 0 fully saturated rings. The number of halogens is 1. The third-order valence-electron chi connectivity index (χ3n) is 1.74. The lowest BCUT2D eigenvalue weighted by atomic mass is 10.4. The van der Waals surface area contributed by atoms with Crippen LogP contribution in [0.1, 0.15) is 12.6 Å². The van der Waals surface area contributed by atoms with Gasteiger partial charge in [0.2, 0.25) is 5.82 Å². The van der Waals surface area contributed by atoms with E-state index in [1.165, 1.54) is 4.68 Å². The molecule has 7 nitrogen and oxygen atoms in total. The molecule has 0 saturated heterocycles. The Morgan fingerprint density at radius 2 is 2.20 bits per heavy atom. The minimum absolute atomic E-state index is 0. The minimum Gasteiger partial charge on any atom is -0.350 e. The molecular formula is C7H14ClN5O2. The van der Waals surface area contributed by atoms with E-state index in [1.54, 1.807) is 20.9 Å². The number of rotatable bonds is 3. The van der Waals surface area contributed by atoms with E-state index < -0.39 is 4.92 Å². The van der Waals surface area contributed by atoms with Crippen LogP contribution in [0.4, 0.5) is 11.5 Å². The zero-order chi connectivity index (χ0) is 10.9. The molecule has 0 spiro atoms. The molecule has 0 bridgehead atoms. The molecule has 1 heterocycles. The van der Waals surface area contributed by atoms with Crippen molar-refractivity contribution >= 4 is 23.9 Å². The van der Waals surface area contributed by atoms with Gasteiger partial charge in [0.25, 0.3) is 0 Å². The molecule has 0 aromatic carbocycles. The summed E-state index contributed by atoms with van der Waals surface area (Å²) >= 11 is 0. The number of aryl methyl sites for hydroxylation is 2. The van der Waals surface area contributed by atoms with E-state index in [0.717, 1.165) is 0 Å². The summed E-state index contributed by atoms with van der Waals surface area (Å²) in [7, 11) is 1.63. The molecule has 8 heteroatoms. The number of hydrogen-bond acceptors (Lipinski definition) is 5. The molecular weight excluding hydrogens is 222 g/mol. The highest BCUT2D eigenvalue weighted by atomic mass is 35.5. The van der Waals surface area contributed by atoms with E-state index in [0.29, 0.717) is 11.5 Å². The molecule has 0 saturated carbocycles. The van der Waals surface area contributed by atoms with Crippen LogP contribution in [0.2, 0.25) is 0 Å². The first-order chi connectivity index (χ1) is 6.43. The first kappa shape index (κ1) is 13.7. The Bertz CT molecular complexity index is 363. The molecule has 1 aromatic rings. The number of nitrogens with two attached hydrogens (primary N) is 1. The summed E-state index contributed by atoms with van der Waals surface area (Å²) in [6.07, 6.45) is -0.358. The topological polar surface area (TPSA) is 99.0 Å². The molecule has 86 valence electrons. The van der Waals surface area contributed by atoms with Crippen LogP contribution in [0, 0.1) is 17.0 Å². The number of nitrogens with zero attached hydrogens (tertiary/aromatic N) is 3. The second-order valence-corrected chi connectivity index (χ2v) is 3.10. The van der Waals surface area contributed by atoms with Gasteiger partial charge < -0.3 is 11.1 Å². The lowest BCUT2D eigenvalue weighted by Crippen LogP contribution is -2.26. The zero-order valence-corrected chi connectivity index (χ0v) is 9.54. The van der Waals surface area contributed by atoms with Crippen molar-refractivity contribution in [1.82, 2.24) is 9.78 Å². The van der Waals surface area contributed by atoms with Crippen LogP contribution >= 0.6 is 12.4 Å². The fourth-order valence-electron chi connectivity index (χ4n) is 1.24. The Labute approximate surface area is 93.2 Å². The largest absolute Gasteiger partial charge is 0.350 e. The maximum atomic E-state index is 10.7. The number of hydrogen-bond donors (Lipinski definition) is 2. The van der Waals surface area contributed by atoms with Gasteiger partial charge in [-0.1, -0.05) is 0 Å². The van der Waals surface area contributed by atoms with Gasteiger partial charge in [-0.15, -0.1) is 12.4 Å². The van der Waals surface area contributed by atoms with Gasteiger partial charge in [-0.3, -0.25) is 10.1 Å². The van der Waals surface area contributed by atoms with Crippen LogP contribution in [0.5, 0.6) is 0 Å². The van der Waals surface area contributed by atoms with Gasteiger partial charge in [-0.05, 0) is 13.8 Å². The third-order valence-corrected chi connectivity index (χ3v) is 1.74. The molecule has 1 unspecified atom stereocenters. The van der Waals surface area contributed by atoms with Gasteiger partial charge in [-0.25, -0.2) is 4.68 Å². The van der Waals surface area contributed by atoms with E-state index >= 15 is 0 Å². The van der Waals surface area contributed by atoms with Crippen molar-refractivity contribution in [2.45, 2.75) is 20.0 Å². The van der Waals surface area contributed by atoms with Crippen molar-refractivity contribution in [2.75, 3.05) is 5.32 Å². The van der Waals surface area contributed by atoms with Gasteiger partial charge >= 0.3 is 5.69 Å². The average Bonchev–Trinajstić information content (AvgIpc) is 2.25. The molecule has 0 radical (unpaired) electrons. The van der Waals surface area contributed by atoms with Crippen LogP contribution in [0.3, 0.4) is 0 Å². The van der Waals surface area contributed by atoms with Gasteiger partial charge in [0.1, 0.15) is 5.69 Å². The third kappa shape index (κ3) is 2.80. The Morgan fingerprint density at radius 3 is 2.60 bits per heavy atom. The van der Waals surface area contributed by atoms with Gasteiger partial charge in [0.05, 0.1) is 11.1 Å². The Balaban J connectivity index is 0.00000196. The highest BCUT2D eigenvalue weighted by Crippen LogP contribution is 2.27. The van der Waals surface area contributed by atoms with Crippen molar-refractivity contribution in [3.8, 4) is 0 Å². The summed E-state index contributed by atoms with van der Waals surface area (Å²) in [5.74, 6) is 0.336. The fourth-order valence-corrected chi connectivity index (χ4v) is 1.24. The molecule has 0 amide bonds. The molecule has 0 aliphatic rings. The van der Waals surface area contributed by atoms with Crippen molar-refractivity contribution < 1.29 is 4.92 Å². The van der Waals surface area contributed by atoms with Crippen LogP contribution in [-0.4, -0.2) is 20.9 Å². The lowest BCUT2D eigenvalue weighted by Gasteiger charge is -2.08. The summed E-state index contributed by atoms with van der Waals surface area (Å²) in [6.45, 7) is 3.29. The van der Waals surface area contributed by atoms with Crippen LogP contribution in [0.25, 0.3) is 0 Å². The van der Waals surface area contributed by atoms with E-state index in [2.05, 4.69) is 10.4 Å². The predicted octanol–water partition coefficient (Wildman–Crippen LogP) is 0.775. The highest BCUT2D eigenvalue weighted by Gasteiger charge is 2.24. The fraction of sp³-hybridized carbons (Fsp3) is 0.571. The number of nitro groups is 1. The molecule has 1 atom stereocenters. The highest BCUT2D eigenvalue weighted by molar-refractivity contribution is 5.85. The second-order valence-electron chi connectivity index (χ2n) is 3.10. The first-order valence-corrected chi connectivity index (χ1v) is 4.13. The molecule has 1 rings (SSSR count). The summed E-state index contributed by atoms with van der Waals surface area (Å²) in [5.41, 5.74) is 5.85. The quantitative estimate of drug-likeness (QED) is 0.458. The summed E-state index contributed by atoms with van der Waals surface area (Å²) in [4.78, 5) is 10.2. The SMILES string of the molecule is Cc1nn(C)c(NC(C)N)c1[N+](=O)[O-].Cl. The molecule has 15 heavy (non-hydrogen) atoms. The average molecular weight is 236 g/mol. The van der Waals surface area contributed by atoms with Gasteiger partial charge in [0.15, 0.2) is 0 Å². The number of nitrogens with one attached hydrogen (secondary N) is 1. The summed E-state index contributed by atoms with van der Waals surface area (Å²) in [5, 5.41) is 17.4. The smallest absolute Gasteiger partial charge is 0.333 e. The van der Waals surface area contributed by atoms with Crippen LogP contribution in [-0.2, 0) is 7.05 Å². The second kappa shape index (κ2) is 4.94. The number of aromatic nitrogens is 2. The summed E-state index contributed by atoms with van der Waals surface area (Å²) in [6, 6.07) is 0. The first-order valence-electron chi connectivity index (χ1n) is 4.13. The molecule has 3 N–H and O–H groups in total. The van der Waals surface area contributed by atoms with Gasteiger partial charge in [0, 0.05) is 7.05 Å². The maximum absolute atomic E-state index is 10.7. The van der Waals surface area contributed by atoms with Crippen molar-refractivity contribution in [1.29, 1.82) is 0 Å². The predicted molar refractivity (Wildman–Crippen MR) is 59.1 cm³/mol. The Hall–Kier alpha value is -1.34. The van der Waals surface area contributed by atoms with E-state index in [1.807, 2.05) is 0 Å². The Morgan fingerprint density at radius 1 is 1.67 bits per heavy atom. The standard InChI is InChI=1S/C7H13N5O2.ClH/c1-4-6(12(13)14)7(9-5(2)8)11(3)10-4;/h5,9H,8H2,1-3H3;1H. The summed E-state index contributed by atoms with van der Waals surface area (Å²) < 4.78 is 1.41. The maximum Gasteiger partial charge on any atom is 0.333 e.